The first-order chi connectivity index (χ1) is 10.6. The fraction of sp³-hybridized carbons (Fsp3) is 0.125. The third-order valence-corrected chi connectivity index (χ3v) is 2.90. The SMILES string of the molecule is O=C(Nc1cccc(C(O)C(=O)O)c1)OCc1ccccc1. The maximum absolute atomic E-state index is 11.7. The molecule has 0 aromatic heterocycles. The summed E-state index contributed by atoms with van der Waals surface area (Å²) in [5, 5.41) is 20.7. The van der Waals surface area contributed by atoms with Crippen LogP contribution in [-0.4, -0.2) is 22.3 Å². The van der Waals surface area contributed by atoms with Crippen molar-refractivity contribution in [1.29, 1.82) is 0 Å². The van der Waals surface area contributed by atoms with Gasteiger partial charge in [0.15, 0.2) is 6.10 Å². The van der Waals surface area contributed by atoms with Gasteiger partial charge >= 0.3 is 12.1 Å². The van der Waals surface area contributed by atoms with Crippen LogP contribution in [0.5, 0.6) is 0 Å². The van der Waals surface area contributed by atoms with E-state index in [1.807, 2.05) is 30.3 Å². The van der Waals surface area contributed by atoms with Gasteiger partial charge < -0.3 is 14.9 Å². The first-order valence-corrected chi connectivity index (χ1v) is 6.55. The minimum Gasteiger partial charge on any atom is -0.479 e. The Morgan fingerprint density at radius 3 is 2.50 bits per heavy atom. The highest BCUT2D eigenvalue weighted by atomic mass is 16.5. The molecule has 0 radical (unpaired) electrons. The first kappa shape index (κ1) is 15.5. The van der Waals surface area contributed by atoms with Crippen molar-refractivity contribution < 1.29 is 24.5 Å². The Balaban J connectivity index is 1.94. The summed E-state index contributed by atoms with van der Waals surface area (Å²) in [6.45, 7) is 0.129. The molecule has 0 aliphatic carbocycles. The fourth-order valence-electron chi connectivity index (χ4n) is 1.81. The monoisotopic (exact) mass is 301 g/mol. The lowest BCUT2D eigenvalue weighted by Crippen LogP contribution is -2.15. The Kier molecular flexibility index (Phi) is 5.11. The van der Waals surface area contributed by atoms with Gasteiger partial charge in [0, 0.05) is 5.69 Å². The second-order valence-electron chi connectivity index (χ2n) is 4.55. The van der Waals surface area contributed by atoms with Gasteiger partial charge in [0.25, 0.3) is 0 Å². The van der Waals surface area contributed by atoms with E-state index in [0.29, 0.717) is 5.69 Å². The van der Waals surface area contributed by atoms with E-state index in [1.54, 1.807) is 6.07 Å². The molecule has 6 nitrogen and oxygen atoms in total. The quantitative estimate of drug-likeness (QED) is 0.788. The van der Waals surface area contributed by atoms with E-state index in [4.69, 9.17) is 9.84 Å². The largest absolute Gasteiger partial charge is 0.479 e. The van der Waals surface area contributed by atoms with E-state index in [9.17, 15) is 14.7 Å². The van der Waals surface area contributed by atoms with Crippen LogP contribution >= 0.6 is 0 Å². The molecule has 3 N–H and O–H groups in total. The number of hydrogen-bond acceptors (Lipinski definition) is 4. The number of aliphatic hydroxyl groups excluding tert-OH is 1. The molecule has 0 fully saturated rings. The Hall–Kier alpha value is -2.86. The zero-order valence-corrected chi connectivity index (χ0v) is 11.6. The molecule has 6 heteroatoms. The summed E-state index contributed by atoms with van der Waals surface area (Å²) in [4.78, 5) is 22.4. The fourth-order valence-corrected chi connectivity index (χ4v) is 1.81. The van der Waals surface area contributed by atoms with Gasteiger partial charge in [-0.1, -0.05) is 42.5 Å². The van der Waals surface area contributed by atoms with Crippen LogP contribution in [0.15, 0.2) is 54.6 Å². The number of anilines is 1. The van der Waals surface area contributed by atoms with Crippen LogP contribution in [0.3, 0.4) is 0 Å². The van der Waals surface area contributed by atoms with Gasteiger partial charge in [-0.15, -0.1) is 0 Å². The number of nitrogens with one attached hydrogen (secondary N) is 1. The summed E-state index contributed by atoms with van der Waals surface area (Å²) in [6.07, 6.45) is -2.30. The highest BCUT2D eigenvalue weighted by Crippen LogP contribution is 2.18. The smallest absolute Gasteiger partial charge is 0.411 e. The summed E-state index contributed by atoms with van der Waals surface area (Å²) in [5.41, 5.74) is 1.37. The van der Waals surface area contributed by atoms with Gasteiger partial charge in [0.1, 0.15) is 6.61 Å². The zero-order chi connectivity index (χ0) is 15.9. The van der Waals surface area contributed by atoms with Crippen molar-refractivity contribution in [2.24, 2.45) is 0 Å². The molecule has 0 bridgehead atoms. The molecule has 2 aromatic carbocycles. The third kappa shape index (κ3) is 4.32. The van der Waals surface area contributed by atoms with Gasteiger partial charge in [-0.05, 0) is 23.3 Å². The molecule has 1 unspecified atom stereocenters. The number of carbonyl (C=O) groups excluding carboxylic acids is 1. The van der Waals surface area contributed by atoms with E-state index >= 15 is 0 Å². The third-order valence-electron chi connectivity index (χ3n) is 2.90. The van der Waals surface area contributed by atoms with E-state index in [2.05, 4.69) is 5.32 Å². The van der Waals surface area contributed by atoms with Gasteiger partial charge in [-0.3, -0.25) is 5.32 Å². The average molecular weight is 301 g/mol. The lowest BCUT2D eigenvalue weighted by molar-refractivity contribution is -0.146. The normalized spacial score (nSPS) is 11.5. The number of amides is 1. The second-order valence-corrected chi connectivity index (χ2v) is 4.55. The number of carboxylic acids is 1. The van der Waals surface area contributed by atoms with Crippen molar-refractivity contribution in [3.8, 4) is 0 Å². The molecule has 0 heterocycles. The summed E-state index contributed by atoms with van der Waals surface area (Å²) in [7, 11) is 0. The molecule has 2 rings (SSSR count). The number of rotatable bonds is 5. The molecular weight excluding hydrogens is 286 g/mol. The van der Waals surface area contributed by atoms with Crippen molar-refractivity contribution in [1.82, 2.24) is 0 Å². The Morgan fingerprint density at radius 1 is 1.09 bits per heavy atom. The summed E-state index contributed by atoms with van der Waals surface area (Å²) >= 11 is 0. The second kappa shape index (κ2) is 7.24. The van der Waals surface area contributed by atoms with Crippen LogP contribution in [0.1, 0.15) is 17.2 Å². The van der Waals surface area contributed by atoms with E-state index in [1.165, 1.54) is 18.2 Å². The van der Waals surface area contributed by atoms with Gasteiger partial charge in [-0.25, -0.2) is 9.59 Å². The van der Waals surface area contributed by atoms with Gasteiger partial charge in [0.2, 0.25) is 0 Å². The van der Waals surface area contributed by atoms with E-state index in [0.717, 1.165) is 5.56 Å². The lowest BCUT2D eigenvalue weighted by Gasteiger charge is -2.10. The first-order valence-electron chi connectivity index (χ1n) is 6.55. The number of ether oxygens (including phenoxy) is 1. The van der Waals surface area contributed by atoms with Gasteiger partial charge in [-0.2, -0.15) is 0 Å². The predicted octanol–water partition coefficient (Wildman–Crippen LogP) is 2.55. The number of aliphatic carboxylic acids is 1. The van der Waals surface area contributed by atoms with Crippen LogP contribution in [0.4, 0.5) is 10.5 Å². The van der Waals surface area contributed by atoms with E-state index in [-0.39, 0.29) is 12.2 Å². The molecule has 2 aromatic rings. The van der Waals surface area contributed by atoms with Crippen LogP contribution in [-0.2, 0) is 16.1 Å². The molecule has 114 valence electrons. The molecule has 0 saturated carbocycles. The zero-order valence-electron chi connectivity index (χ0n) is 11.6. The maximum atomic E-state index is 11.7. The van der Waals surface area contributed by atoms with Crippen molar-refractivity contribution in [3.63, 3.8) is 0 Å². The van der Waals surface area contributed by atoms with Crippen molar-refractivity contribution >= 4 is 17.7 Å². The summed E-state index contributed by atoms with van der Waals surface area (Å²) in [5.74, 6) is -1.36. The number of carboxylic acid groups (broad SMARTS) is 1. The predicted molar refractivity (Wildman–Crippen MR) is 79.3 cm³/mol. The standard InChI is InChI=1S/C16H15NO5/c18-14(15(19)20)12-7-4-8-13(9-12)17-16(21)22-10-11-5-2-1-3-6-11/h1-9,14,18H,10H2,(H,17,21)(H,19,20). The van der Waals surface area contributed by atoms with Crippen molar-refractivity contribution in [3.05, 3.63) is 65.7 Å². The highest BCUT2D eigenvalue weighted by molar-refractivity contribution is 5.85. The van der Waals surface area contributed by atoms with Crippen LogP contribution in [0.2, 0.25) is 0 Å². The molecule has 0 spiro atoms. The molecule has 1 amide bonds. The maximum Gasteiger partial charge on any atom is 0.411 e. The Morgan fingerprint density at radius 2 is 1.82 bits per heavy atom. The summed E-state index contributed by atoms with van der Waals surface area (Å²) < 4.78 is 5.05. The Labute approximate surface area is 127 Å². The number of carbonyl (C=O) groups is 2. The summed E-state index contributed by atoms with van der Waals surface area (Å²) in [6, 6.07) is 15.1. The molecule has 0 aliphatic rings. The van der Waals surface area contributed by atoms with Crippen molar-refractivity contribution in [2.45, 2.75) is 12.7 Å². The van der Waals surface area contributed by atoms with Crippen LogP contribution in [0.25, 0.3) is 0 Å². The molecule has 0 saturated heterocycles. The molecule has 1 atom stereocenters. The van der Waals surface area contributed by atoms with Crippen LogP contribution in [0, 0.1) is 0 Å². The topological polar surface area (TPSA) is 95.9 Å². The van der Waals surface area contributed by atoms with E-state index < -0.39 is 18.2 Å². The van der Waals surface area contributed by atoms with Crippen molar-refractivity contribution in [2.75, 3.05) is 5.32 Å². The molecule has 22 heavy (non-hydrogen) atoms. The van der Waals surface area contributed by atoms with Crippen LogP contribution < -0.4 is 5.32 Å². The molecular formula is C16H15NO5. The Bertz CT molecular complexity index is 657. The number of aliphatic hydroxyl groups is 1. The molecule has 0 aliphatic heterocycles. The number of benzene rings is 2. The average Bonchev–Trinajstić information content (AvgIpc) is 2.53. The highest BCUT2D eigenvalue weighted by Gasteiger charge is 2.16. The van der Waals surface area contributed by atoms with Gasteiger partial charge in [0.05, 0.1) is 0 Å². The minimum absolute atomic E-state index is 0.129. The minimum atomic E-state index is -1.64. The number of hydrogen-bond donors (Lipinski definition) is 3. The lowest BCUT2D eigenvalue weighted by atomic mass is 10.1.